The minimum absolute atomic E-state index is 0.133. The topological polar surface area (TPSA) is 43.4 Å². The van der Waals surface area contributed by atoms with Crippen molar-refractivity contribution in [1.29, 1.82) is 0 Å². The van der Waals surface area contributed by atoms with Gasteiger partial charge >= 0.3 is 0 Å². The predicted molar refractivity (Wildman–Crippen MR) is 51.9 cm³/mol. The second-order valence-electron chi connectivity index (χ2n) is 3.58. The van der Waals surface area contributed by atoms with Gasteiger partial charge in [-0.25, -0.2) is 0 Å². The van der Waals surface area contributed by atoms with Crippen LogP contribution in [0.25, 0.3) is 0 Å². The summed E-state index contributed by atoms with van der Waals surface area (Å²) in [4.78, 5) is 0. The highest BCUT2D eigenvalue weighted by Crippen LogP contribution is 2.27. The van der Waals surface area contributed by atoms with Crippen LogP contribution in [0, 0.1) is 5.92 Å². The zero-order chi connectivity index (χ0) is 9.90. The fourth-order valence-corrected chi connectivity index (χ4v) is 2.40. The second-order valence-corrected chi connectivity index (χ2v) is 5.19. The molecule has 0 radical (unpaired) electrons. The smallest absolute Gasteiger partial charge is 0.264 e. The monoisotopic (exact) mass is 204 g/mol. The van der Waals surface area contributed by atoms with Crippen molar-refractivity contribution in [3.8, 4) is 0 Å². The first-order chi connectivity index (χ1) is 6.01. The van der Waals surface area contributed by atoms with Crippen molar-refractivity contribution in [3.63, 3.8) is 0 Å². The lowest BCUT2D eigenvalue weighted by Crippen LogP contribution is -2.24. The summed E-state index contributed by atoms with van der Waals surface area (Å²) >= 11 is 0. The fraction of sp³-hybridized carbons (Fsp3) is 0.778. The Bertz CT molecular complexity index is 269. The van der Waals surface area contributed by atoms with Crippen molar-refractivity contribution in [2.45, 2.75) is 31.8 Å². The molecule has 0 unspecified atom stereocenters. The highest BCUT2D eigenvalue weighted by molar-refractivity contribution is 7.86. The van der Waals surface area contributed by atoms with E-state index in [4.69, 9.17) is 4.18 Å². The summed E-state index contributed by atoms with van der Waals surface area (Å²) in [5.41, 5.74) is 0. The van der Waals surface area contributed by atoms with Gasteiger partial charge in [0.25, 0.3) is 10.1 Å². The van der Waals surface area contributed by atoms with E-state index in [1.165, 1.54) is 0 Å². The molecule has 1 saturated carbocycles. The summed E-state index contributed by atoms with van der Waals surface area (Å²) in [6.45, 7) is 3.71. The van der Waals surface area contributed by atoms with Gasteiger partial charge in [-0.1, -0.05) is 12.5 Å². The maximum atomic E-state index is 10.8. The average Bonchev–Trinajstić information content (AvgIpc) is 2.01. The van der Waals surface area contributed by atoms with E-state index < -0.39 is 10.1 Å². The Hall–Kier alpha value is -0.350. The minimum Gasteiger partial charge on any atom is -0.267 e. The van der Waals surface area contributed by atoms with Crippen molar-refractivity contribution in [1.82, 2.24) is 0 Å². The molecule has 0 saturated heterocycles. The molecule has 1 fully saturated rings. The molecule has 1 rings (SSSR count). The van der Waals surface area contributed by atoms with Gasteiger partial charge in [-0.3, -0.25) is 4.18 Å². The Labute approximate surface area is 79.9 Å². The third-order valence-corrected chi connectivity index (χ3v) is 2.93. The molecule has 1 aliphatic carbocycles. The quantitative estimate of drug-likeness (QED) is 0.519. The molecular weight excluding hydrogens is 188 g/mol. The zero-order valence-corrected chi connectivity index (χ0v) is 8.72. The third-order valence-electron chi connectivity index (χ3n) is 2.31. The van der Waals surface area contributed by atoms with Gasteiger partial charge in [-0.15, -0.1) is 6.58 Å². The van der Waals surface area contributed by atoms with Gasteiger partial charge in [0, 0.05) is 0 Å². The second kappa shape index (κ2) is 4.24. The van der Waals surface area contributed by atoms with Crippen LogP contribution in [0.3, 0.4) is 0 Å². The van der Waals surface area contributed by atoms with Gasteiger partial charge in [0.15, 0.2) is 0 Å². The Morgan fingerprint density at radius 3 is 2.69 bits per heavy atom. The zero-order valence-electron chi connectivity index (χ0n) is 7.90. The van der Waals surface area contributed by atoms with Gasteiger partial charge in [0.05, 0.1) is 12.4 Å². The van der Waals surface area contributed by atoms with E-state index in [1.54, 1.807) is 0 Å². The molecule has 4 heteroatoms. The maximum Gasteiger partial charge on any atom is 0.264 e. The van der Waals surface area contributed by atoms with Crippen molar-refractivity contribution in [3.05, 3.63) is 12.7 Å². The van der Waals surface area contributed by atoms with Gasteiger partial charge < -0.3 is 0 Å². The molecular formula is C9H16O3S. The molecule has 0 heterocycles. The largest absolute Gasteiger partial charge is 0.267 e. The van der Waals surface area contributed by atoms with Crippen molar-refractivity contribution >= 4 is 10.1 Å². The van der Waals surface area contributed by atoms with E-state index in [9.17, 15) is 8.42 Å². The molecule has 1 aliphatic rings. The summed E-state index contributed by atoms with van der Waals surface area (Å²) in [5, 5.41) is 0. The Kier molecular flexibility index (Phi) is 3.50. The van der Waals surface area contributed by atoms with Crippen LogP contribution in [0.5, 0.6) is 0 Å². The molecule has 0 bridgehead atoms. The summed E-state index contributed by atoms with van der Waals surface area (Å²) in [6, 6.07) is 0. The number of allylic oxidation sites excluding steroid dienone is 1. The predicted octanol–water partition coefficient (Wildman–Crippen LogP) is 1.71. The summed E-state index contributed by atoms with van der Waals surface area (Å²) in [6.07, 6.45) is 6.62. The third kappa shape index (κ3) is 3.91. The first-order valence-corrected chi connectivity index (χ1v) is 6.34. The lowest BCUT2D eigenvalue weighted by Gasteiger charge is -2.25. The maximum absolute atomic E-state index is 10.8. The van der Waals surface area contributed by atoms with Gasteiger partial charge in [-0.05, 0) is 25.2 Å². The highest BCUT2D eigenvalue weighted by Gasteiger charge is 2.23. The molecule has 0 aliphatic heterocycles. The number of hydrogen-bond acceptors (Lipinski definition) is 3. The van der Waals surface area contributed by atoms with Crippen LogP contribution in [-0.4, -0.2) is 20.8 Å². The van der Waals surface area contributed by atoms with Crippen LogP contribution in [0.1, 0.15) is 25.7 Å². The first-order valence-electron chi connectivity index (χ1n) is 4.52. The Morgan fingerprint density at radius 1 is 1.46 bits per heavy atom. The van der Waals surface area contributed by atoms with E-state index in [2.05, 4.69) is 6.58 Å². The molecule has 0 amide bonds. The van der Waals surface area contributed by atoms with E-state index >= 15 is 0 Å². The molecule has 3 nitrogen and oxygen atoms in total. The van der Waals surface area contributed by atoms with Crippen LogP contribution in [0.2, 0.25) is 0 Å². The standard InChI is InChI=1S/C9H16O3S/c1-3-8-5-4-6-9(7-8)12-13(2,10)11/h3,8-9H,1,4-7H2,2H3/t8-,9-/m0/s1. The number of hydrogen-bond donors (Lipinski definition) is 0. The molecule has 0 aromatic heterocycles. The van der Waals surface area contributed by atoms with Gasteiger partial charge in [0.1, 0.15) is 0 Å². The minimum atomic E-state index is -3.29. The van der Waals surface area contributed by atoms with E-state index in [0.717, 1.165) is 31.9 Å². The van der Waals surface area contributed by atoms with Gasteiger partial charge in [-0.2, -0.15) is 8.42 Å². The van der Waals surface area contributed by atoms with Crippen LogP contribution in [0.4, 0.5) is 0 Å². The van der Waals surface area contributed by atoms with E-state index in [0.29, 0.717) is 5.92 Å². The molecule has 0 N–H and O–H groups in total. The molecule has 13 heavy (non-hydrogen) atoms. The van der Waals surface area contributed by atoms with Crippen molar-refractivity contribution < 1.29 is 12.6 Å². The first kappa shape index (κ1) is 10.7. The molecule has 0 spiro atoms. The SMILES string of the molecule is C=C[C@H]1CCC[C@H](OS(C)(=O)=O)C1. The Balaban J connectivity index is 2.47. The van der Waals surface area contributed by atoms with Crippen LogP contribution in [-0.2, 0) is 14.3 Å². The molecule has 2 atom stereocenters. The van der Waals surface area contributed by atoms with E-state index in [-0.39, 0.29) is 6.10 Å². The number of rotatable bonds is 3. The van der Waals surface area contributed by atoms with Crippen LogP contribution >= 0.6 is 0 Å². The van der Waals surface area contributed by atoms with Gasteiger partial charge in [0.2, 0.25) is 0 Å². The molecule has 0 aromatic rings. The highest BCUT2D eigenvalue weighted by atomic mass is 32.2. The fourth-order valence-electron chi connectivity index (χ4n) is 1.73. The van der Waals surface area contributed by atoms with E-state index in [1.807, 2.05) is 6.08 Å². The molecule has 76 valence electrons. The lowest BCUT2D eigenvalue weighted by atomic mass is 9.87. The average molecular weight is 204 g/mol. The van der Waals surface area contributed by atoms with Crippen LogP contribution < -0.4 is 0 Å². The normalized spacial score (nSPS) is 29.9. The summed E-state index contributed by atoms with van der Waals surface area (Å²) in [5.74, 6) is 0.417. The Morgan fingerprint density at radius 2 is 2.15 bits per heavy atom. The lowest BCUT2D eigenvalue weighted by molar-refractivity contribution is 0.145. The summed E-state index contributed by atoms with van der Waals surface area (Å²) < 4.78 is 26.6. The van der Waals surface area contributed by atoms with Crippen LogP contribution in [0.15, 0.2) is 12.7 Å². The van der Waals surface area contributed by atoms with Crippen molar-refractivity contribution in [2.75, 3.05) is 6.26 Å². The van der Waals surface area contributed by atoms with Crippen molar-refractivity contribution in [2.24, 2.45) is 5.92 Å². The molecule has 0 aromatic carbocycles. The summed E-state index contributed by atoms with van der Waals surface area (Å²) in [7, 11) is -3.29.